The van der Waals surface area contributed by atoms with Gasteiger partial charge in [-0.05, 0) is 55.2 Å². The van der Waals surface area contributed by atoms with Gasteiger partial charge in [-0.1, -0.05) is 25.0 Å². The first-order chi connectivity index (χ1) is 16.4. The Morgan fingerprint density at radius 3 is 2.29 bits per heavy atom. The average Bonchev–Trinajstić information content (AvgIpc) is 3.09. The molecule has 0 unspecified atom stereocenters. The Labute approximate surface area is 200 Å². The van der Waals surface area contributed by atoms with Crippen LogP contribution in [-0.4, -0.2) is 51.3 Å². The number of ether oxygens (including phenoxy) is 1. The largest absolute Gasteiger partial charge is 0.496 e. The summed E-state index contributed by atoms with van der Waals surface area (Å²) in [5, 5.41) is 2.85. The van der Waals surface area contributed by atoms with Crippen LogP contribution in [0.3, 0.4) is 0 Å². The molecule has 8 nitrogen and oxygen atoms in total. The highest BCUT2D eigenvalue weighted by Gasteiger charge is 2.27. The molecule has 0 aromatic heterocycles. The molecular weight excluding hydrogens is 454 g/mol. The minimum Gasteiger partial charge on any atom is -0.496 e. The first-order valence-corrected chi connectivity index (χ1v) is 13.2. The molecule has 34 heavy (non-hydrogen) atoms. The van der Waals surface area contributed by atoms with Crippen molar-refractivity contribution < 1.29 is 22.7 Å². The summed E-state index contributed by atoms with van der Waals surface area (Å²) in [7, 11) is -2.23. The van der Waals surface area contributed by atoms with Crippen molar-refractivity contribution in [3.63, 3.8) is 0 Å². The van der Waals surface area contributed by atoms with E-state index in [1.807, 2.05) is 24.3 Å². The van der Waals surface area contributed by atoms with Crippen molar-refractivity contribution in [2.24, 2.45) is 0 Å². The summed E-state index contributed by atoms with van der Waals surface area (Å²) in [5.74, 6) is 0.0296. The second-order valence-corrected chi connectivity index (χ2v) is 10.6. The number of sulfonamides is 1. The Balaban J connectivity index is 1.47. The van der Waals surface area contributed by atoms with Crippen molar-refractivity contribution in [2.45, 2.75) is 50.0 Å². The monoisotopic (exact) mass is 485 g/mol. The third-order valence-corrected chi connectivity index (χ3v) is 8.29. The van der Waals surface area contributed by atoms with E-state index in [9.17, 15) is 18.0 Å². The van der Waals surface area contributed by atoms with Crippen LogP contribution in [0, 0.1) is 0 Å². The molecule has 0 bridgehead atoms. The summed E-state index contributed by atoms with van der Waals surface area (Å²) >= 11 is 0. The van der Waals surface area contributed by atoms with Crippen LogP contribution in [0.2, 0.25) is 0 Å². The molecule has 2 aliphatic rings. The molecule has 9 heteroatoms. The van der Waals surface area contributed by atoms with Gasteiger partial charge in [-0.3, -0.25) is 9.59 Å². The zero-order valence-corrected chi connectivity index (χ0v) is 20.3. The van der Waals surface area contributed by atoms with Gasteiger partial charge in [-0.25, -0.2) is 8.42 Å². The fraction of sp³-hybridized carbons (Fsp3) is 0.440. The molecule has 2 fully saturated rings. The molecule has 1 N–H and O–H groups in total. The number of nitrogens with zero attached hydrogens (tertiary/aromatic N) is 2. The van der Waals surface area contributed by atoms with Gasteiger partial charge in [0.15, 0.2) is 0 Å². The van der Waals surface area contributed by atoms with Gasteiger partial charge in [0.25, 0.3) is 5.91 Å². The molecule has 2 amide bonds. The number of carbonyl (C=O) groups is 2. The Morgan fingerprint density at radius 2 is 1.68 bits per heavy atom. The molecular formula is C25H31N3O5S. The number of carbonyl (C=O) groups excluding carboxylic acids is 2. The average molecular weight is 486 g/mol. The fourth-order valence-corrected chi connectivity index (χ4v) is 5.99. The maximum absolute atomic E-state index is 13.2. The molecule has 2 saturated heterocycles. The summed E-state index contributed by atoms with van der Waals surface area (Å²) < 4.78 is 33.2. The second kappa shape index (κ2) is 10.6. The zero-order chi connectivity index (χ0) is 24.1. The van der Waals surface area contributed by atoms with Gasteiger partial charge in [0.05, 0.1) is 17.6 Å². The van der Waals surface area contributed by atoms with Gasteiger partial charge < -0.3 is 15.0 Å². The number of rotatable bonds is 7. The van der Waals surface area contributed by atoms with E-state index in [0.29, 0.717) is 25.3 Å². The van der Waals surface area contributed by atoms with E-state index in [0.717, 1.165) is 49.9 Å². The lowest BCUT2D eigenvalue weighted by atomic mass is 10.1. The van der Waals surface area contributed by atoms with Crippen LogP contribution in [0.1, 0.15) is 54.4 Å². The Bertz CT molecular complexity index is 1140. The van der Waals surface area contributed by atoms with E-state index in [4.69, 9.17) is 4.74 Å². The van der Waals surface area contributed by atoms with E-state index < -0.39 is 15.9 Å². The molecule has 0 radical (unpaired) electrons. The van der Waals surface area contributed by atoms with Gasteiger partial charge in [-0.15, -0.1) is 0 Å². The number of hydrogen-bond acceptors (Lipinski definition) is 5. The SMILES string of the molecule is COc1ccc(S(=O)(=O)N2CCCCCC2)cc1C(=O)NCc1ccc(N2CCCC2=O)cc1. The maximum Gasteiger partial charge on any atom is 0.255 e. The van der Waals surface area contributed by atoms with Crippen molar-refractivity contribution in [3.05, 3.63) is 53.6 Å². The van der Waals surface area contributed by atoms with Crippen molar-refractivity contribution in [1.82, 2.24) is 9.62 Å². The van der Waals surface area contributed by atoms with Gasteiger partial charge in [0.2, 0.25) is 15.9 Å². The predicted molar refractivity (Wildman–Crippen MR) is 129 cm³/mol. The topological polar surface area (TPSA) is 96.0 Å². The number of hydrogen-bond donors (Lipinski definition) is 1. The van der Waals surface area contributed by atoms with E-state index >= 15 is 0 Å². The van der Waals surface area contributed by atoms with E-state index in [-0.39, 0.29) is 22.9 Å². The van der Waals surface area contributed by atoms with Gasteiger partial charge >= 0.3 is 0 Å². The lowest BCUT2D eigenvalue weighted by Gasteiger charge is -2.20. The van der Waals surface area contributed by atoms with Crippen molar-refractivity contribution >= 4 is 27.5 Å². The summed E-state index contributed by atoms with van der Waals surface area (Å²) in [6.07, 6.45) is 5.17. The molecule has 0 atom stereocenters. The second-order valence-electron chi connectivity index (χ2n) is 8.68. The van der Waals surface area contributed by atoms with E-state index in [1.54, 1.807) is 4.90 Å². The van der Waals surface area contributed by atoms with Gasteiger partial charge in [-0.2, -0.15) is 4.31 Å². The molecule has 0 spiro atoms. The standard InChI is InChI=1S/C25H31N3O5S/c1-33-23-13-12-21(34(31,32)27-14-4-2-3-5-15-27)17-22(23)25(30)26-18-19-8-10-20(11-9-19)28-16-6-7-24(28)29/h8-13,17H,2-7,14-16,18H2,1H3,(H,26,30). The van der Waals surface area contributed by atoms with Crippen molar-refractivity contribution in [2.75, 3.05) is 31.6 Å². The maximum atomic E-state index is 13.2. The normalized spacial score (nSPS) is 17.4. The molecule has 2 aromatic rings. The lowest BCUT2D eigenvalue weighted by Crippen LogP contribution is -2.32. The molecule has 4 rings (SSSR count). The third-order valence-electron chi connectivity index (χ3n) is 6.39. The molecule has 182 valence electrons. The molecule has 2 aromatic carbocycles. The number of benzene rings is 2. The summed E-state index contributed by atoms with van der Waals surface area (Å²) in [5.41, 5.74) is 1.90. The Kier molecular flexibility index (Phi) is 7.53. The van der Waals surface area contributed by atoms with Crippen LogP contribution in [0.25, 0.3) is 0 Å². The number of amides is 2. The number of nitrogens with one attached hydrogen (secondary N) is 1. The highest BCUT2D eigenvalue weighted by atomic mass is 32.2. The van der Waals surface area contributed by atoms with Crippen LogP contribution < -0.4 is 15.0 Å². The smallest absolute Gasteiger partial charge is 0.255 e. The zero-order valence-electron chi connectivity index (χ0n) is 19.5. The van der Waals surface area contributed by atoms with E-state index in [2.05, 4.69) is 5.32 Å². The minimum atomic E-state index is -3.69. The van der Waals surface area contributed by atoms with Crippen LogP contribution in [0.5, 0.6) is 5.75 Å². The highest BCUT2D eigenvalue weighted by molar-refractivity contribution is 7.89. The lowest BCUT2D eigenvalue weighted by molar-refractivity contribution is -0.117. The first kappa shape index (κ1) is 24.2. The predicted octanol–water partition coefficient (Wildman–Crippen LogP) is 3.32. The Hall–Kier alpha value is -2.91. The molecule has 2 heterocycles. The summed E-state index contributed by atoms with van der Waals surface area (Å²) in [6, 6.07) is 11.9. The quantitative estimate of drug-likeness (QED) is 0.649. The summed E-state index contributed by atoms with van der Waals surface area (Å²) in [6.45, 7) is 1.98. The summed E-state index contributed by atoms with van der Waals surface area (Å²) in [4.78, 5) is 26.8. The van der Waals surface area contributed by atoms with Gasteiger partial charge in [0.1, 0.15) is 5.75 Å². The van der Waals surface area contributed by atoms with E-state index in [1.165, 1.54) is 29.6 Å². The van der Waals surface area contributed by atoms with Crippen LogP contribution in [0.4, 0.5) is 5.69 Å². The van der Waals surface area contributed by atoms with Crippen LogP contribution in [-0.2, 0) is 21.4 Å². The molecule has 0 saturated carbocycles. The number of methoxy groups -OCH3 is 1. The molecule has 2 aliphatic heterocycles. The fourth-order valence-electron chi connectivity index (χ4n) is 4.45. The highest BCUT2D eigenvalue weighted by Crippen LogP contribution is 2.26. The van der Waals surface area contributed by atoms with Crippen molar-refractivity contribution in [1.29, 1.82) is 0 Å². The third kappa shape index (κ3) is 5.26. The molecule has 0 aliphatic carbocycles. The van der Waals surface area contributed by atoms with Crippen LogP contribution >= 0.6 is 0 Å². The number of anilines is 1. The minimum absolute atomic E-state index is 0.0972. The van der Waals surface area contributed by atoms with Crippen molar-refractivity contribution in [3.8, 4) is 5.75 Å². The Morgan fingerprint density at radius 1 is 0.971 bits per heavy atom. The van der Waals surface area contributed by atoms with Crippen LogP contribution in [0.15, 0.2) is 47.4 Å². The van der Waals surface area contributed by atoms with Gasteiger partial charge in [0, 0.05) is 38.3 Å². The first-order valence-electron chi connectivity index (χ1n) is 11.8.